The molecule has 24 heavy (non-hydrogen) atoms. The SMILES string of the molecule is CC(C)(C)c1ccc(C(O)CNC(=O)Cc2ccccc2O)cc1. The number of hydrogen-bond acceptors (Lipinski definition) is 3. The van der Waals surface area contributed by atoms with Crippen LogP contribution in [0.15, 0.2) is 48.5 Å². The number of carbonyl (C=O) groups is 1. The molecule has 0 saturated heterocycles. The van der Waals surface area contributed by atoms with Gasteiger partial charge in [-0.3, -0.25) is 4.79 Å². The molecule has 1 amide bonds. The summed E-state index contributed by atoms with van der Waals surface area (Å²) in [6.45, 7) is 6.55. The third-order valence-corrected chi connectivity index (χ3v) is 4.00. The topological polar surface area (TPSA) is 69.6 Å². The first-order valence-corrected chi connectivity index (χ1v) is 8.09. The maximum atomic E-state index is 12.0. The highest BCUT2D eigenvalue weighted by Gasteiger charge is 2.15. The summed E-state index contributed by atoms with van der Waals surface area (Å²) in [6, 6.07) is 14.5. The average Bonchev–Trinajstić information content (AvgIpc) is 2.54. The van der Waals surface area contributed by atoms with Crippen LogP contribution in [-0.2, 0) is 16.6 Å². The number of aromatic hydroxyl groups is 1. The van der Waals surface area contributed by atoms with E-state index >= 15 is 0 Å². The quantitative estimate of drug-likeness (QED) is 0.790. The van der Waals surface area contributed by atoms with E-state index in [4.69, 9.17) is 0 Å². The lowest BCUT2D eigenvalue weighted by Crippen LogP contribution is -2.29. The summed E-state index contributed by atoms with van der Waals surface area (Å²) in [4.78, 5) is 12.0. The molecule has 0 spiro atoms. The van der Waals surface area contributed by atoms with Gasteiger partial charge in [0.1, 0.15) is 5.75 Å². The van der Waals surface area contributed by atoms with E-state index in [0.717, 1.165) is 5.56 Å². The van der Waals surface area contributed by atoms with Gasteiger partial charge in [-0.05, 0) is 22.6 Å². The van der Waals surface area contributed by atoms with Crippen molar-refractivity contribution in [3.63, 3.8) is 0 Å². The Morgan fingerprint density at radius 1 is 1.08 bits per heavy atom. The van der Waals surface area contributed by atoms with Gasteiger partial charge in [0.25, 0.3) is 0 Å². The van der Waals surface area contributed by atoms with Crippen LogP contribution in [0.25, 0.3) is 0 Å². The summed E-state index contributed by atoms with van der Waals surface area (Å²) in [7, 11) is 0. The average molecular weight is 327 g/mol. The molecule has 0 aliphatic rings. The van der Waals surface area contributed by atoms with Crippen molar-refractivity contribution in [3.05, 3.63) is 65.2 Å². The number of nitrogens with one attached hydrogen (secondary N) is 1. The Kier molecular flexibility index (Phi) is 5.62. The maximum absolute atomic E-state index is 12.0. The fourth-order valence-electron chi connectivity index (χ4n) is 2.43. The molecule has 0 aromatic heterocycles. The van der Waals surface area contributed by atoms with Crippen molar-refractivity contribution in [2.75, 3.05) is 6.54 Å². The van der Waals surface area contributed by atoms with Crippen LogP contribution >= 0.6 is 0 Å². The van der Waals surface area contributed by atoms with Gasteiger partial charge >= 0.3 is 0 Å². The molecule has 0 fully saturated rings. The molecule has 3 N–H and O–H groups in total. The number of phenols is 1. The summed E-state index contributed by atoms with van der Waals surface area (Å²) in [6.07, 6.45) is -0.671. The number of phenolic OH excluding ortho intramolecular Hbond substituents is 1. The lowest BCUT2D eigenvalue weighted by atomic mass is 9.86. The Bertz CT molecular complexity index is 687. The minimum atomic E-state index is -0.757. The lowest BCUT2D eigenvalue weighted by molar-refractivity contribution is -0.120. The van der Waals surface area contributed by atoms with Gasteiger partial charge in [-0.2, -0.15) is 0 Å². The van der Waals surface area contributed by atoms with Crippen LogP contribution in [0.5, 0.6) is 5.75 Å². The molecular weight excluding hydrogens is 302 g/mol. The van der Waals surface area contributed by atoms with E-state index in [2.05, 4.69) is 26.1 Å². The molecule has 0 heterocycles. The van der Waals surface area contributed by atoms with Crippen LogP contribution < -0.4 is 5.32 Å². The molecule has 4 heteroatoms. The van der Waals surface area contributed by atoms with E-state index in [1.54, 1.807) is 24.3 Å². The molecule has 0 saturated carbocycles. The van der Waals surface area contributed by atoms with E-state index in [1.807, 2.05) is 24.3 Å². The van der Waals surface area contributed by atoms with Gasteiger partial charge in [-0.25, -0.2) is 0 Å². The van der Waals surface area contributed by atoms with Crippen LogP contribution in [-0.4, -0.2) is 22.7 Å². The van der Waals surface area contributed by atoms with Crippen molar-refractivity contribution in [2.45, 2.75) is 38.7 Å². The second-order valence-electron chi connectivity index (χ2n) is 7.00. The number of rotatable bonds is 5. The highest BCUT2D eigenvalue weighted by molar-refractivity contribution is 5.79. The first-order chi connectivity index (χ1) is 11.3. The van der Waals surface area contributed by atoms with Crippen LogP contribution in [0.3, 0.4) is 0 Å². The molecule has 1 unspecified atom stereocenters. The number of benzene rings is 2. The summed E-state index contributed by atoms with van der Waals surface area (Å²) >= 11 is 0. The molecule has 0 aliphatic heterocycles. The van der Waals surface area contributed by atoms with Gasteiger partial charge < -0.3 is 15.5 Å². The molecule has 4 nitrogen and oxygen atoms in total. The molecular formula is C20H25NO3. The highest BCUT2D eigenvalue weighted by atomic mass is 16.3. The van der Waals surface area contributed by atoms with Crippen molar-refractivity contribution in [1.82, 2.24) is 5.32 Å². The molecule has 2 aromatic carbocycles. The summed E-state index contributed by atoms with van der Waals surface area (Å²) < 4.78 is 0. The van der Waals surface area contributed by atoms with Crippen molar-refractivity contribution < 1.29 is 15.0 Å². The zero-order valence-electron chi connectivity index (χ0n) is 14.4. The fraction of sp³-hybridized carbons (Fsp3) is 0.350. The number of aliphatic hydroxyl groups excluding tert-OH is 1. The normalized spacial score (nSPS) is 12.7. The zero-order valence-corrected chi connectivity index (χ0v) is 14.4. The Hall–Kier alpha value is -2.33. The predicted octanol–water partition coefficient (Wildman–Crippen LogP) is 3.08. The monoisotopic (exact) mass is 327 g/mol. The standard InChI is InChI=1S/C20H25NO3/c1-20(2,3)16-10-8-14(9-11-16)18(23)13-21-19(24)12-15-6-4-5-7-17(15)22/h4-11,18,22-23H,12-13H2,1-3H3,(H,21,24). The predicted molar refractivity (Wildman–Crippen MR) is 94.9 cm³/mol. The number of para-hydroxylation sites is 1. The lowest BCUT2D eigenvalue weighted by Gasteiger charge is -2.20. The molecule has 1 atom stereocenters. The van der Waals surface area contributed by atoms with Crippen molar-refractivity contribution in [1.29, 1.82) is 0 Å². The van der Waals surface area contributed by atoms with E-state index < -0.39 is 6.10 Å². The minimum Gasteiger partial charge on any atom is -0.508 e. The van der Waals surface area contributed by atoms with Crippen molar-refractivity contribution >= 4 is 5.91 Å². The Morgan fingerprint density at radius 2 is 1.71 bits per heavy atom. The van der Waals surface area contributed by atoms with Crippen LogP contribution in [0, 0.1) is 0 Å². The first-order valence-electron chi connectivity index (χ1n) is 8.09. The zero-order chi connectivity index (χ0) is 17.7. The van der Waals surface area contributed by atoms with Gasteiger partial charge in [0.05, 0.1) is 12.5 Å². The summed E-state index contributed by atoms with van der Waals surface area (Å²) in [5, 5.41) is 22.6. The molecule has 128 valence electrons. The Balaban J connectivity index is 1.89. The molecule has 0 aliphatic carbocycles. The van der Waals surface area contributed by atoms with Gasteiger partial charge in [-0.15, -0.1) is 0 Å². The number of aliphatic hydroxyl groups is 1. The van der Waals surface area contributed by atoms with E-state index in [1.165, 1.54) is 5.56 Å². The third kappa shape index (κ3) is 4.83. The Labute approximate surface area is 143 Å². The number of amides is 1. The molecule has 2 rings (SSSR count). The maximum Gasteiger partial charge on any atom is 0.224 e. The number of carbonyl (C=O) groups excluding carboxylic acids is 1. The van der Waals surface area contributed by atoms with E-state index in [0.29, 0.717) is 5.56 Å². The smallest absolute Gasteiger partial charge is 0.224 e. The number of hydrogen-bond donors (Lipinski definition) is 3. The van der Waals surface area contributed by atoms with Crippen molar-refractivity contribution in [2.24, 2.45) is 0 Å². The second kappa shape index (κ2) is 7.49. The Morgan fingerprint density at radius 3 is 2.29 bits per heavy atom. The van der Waals surface area contributed by atoms with E-state index in [9.17, 15) is 15.0 Å². The third-order valence-electron chi connectivity index (χ3n) is 4.00. The molecule has 0 radical (unpaired) electrons. The van der Waals surface area contributed by atoms with Gasteiger partial charge in [-0.1, -0.05) is 63.2 Å². The summed E-state index contributed by atoms with van der Waals surface area (Å²) in [5.74, 6) is -0.132. The minimum absolute atomic E-state index is 0.0649. The first kappa shape index (κ1) is 18.0. The van der Waals surface area contributed by atoms with Crippen LogP contribution in [0.4, 0.5) is 0 Å². The molecule has 2 aromatic rings. The molecule has 0 bridgehead atoms. The largest absolute Gasteiger partial charge is 0.508 e. The summed E-state index contributed by atoms with van der Waals surface area (Å²) in [5.41, 5.74) is 2.60. The second-order valence-corrected chi connectivity index (χ2v) is 7.00. The van der Waals surface area contributed by atoms with Crippen LogP contribution in [0.1, 0.15) is 43.6 Å². The van der Waals surface area contributed by atoms with Crippen molar-refractivity contribution in [3.8, 4) is 5.75 Å². The highest BCUT2D eigenvalue weighted by Crippen LogP contribution is 2.24. The van der Waals surface area contributed by atoms with Gasteiger partial charge in [0, 0.05) is 12.1 Å². The van der Waals surface area contributed by atoms with Gasteiger partial charge in [0.15, 0.2) is 0 Å². The van der Waals surface area contributed by atoms with Gasteiger partial charge in [0.2, 0.25) is 5.91 Å². The fourth-order valence-corrected chi connectivity index (χ4v) is 2.43. The van der Waals surface area contributed by atoms with E-state index in [-0.39, 0.29) is 30.0 Å². The van der Waals surface area contributed by atoms with Crippen LogP contribution in [0.2, 0.25) is 0 Å².